The second kappa shape index (κ2) is 4.92. The van der Waals surface area contributed by atoms with Crippen LogP contribution in [0.4, 0.5) is 0 Å². The molecule has 0 radical (unpaired) electrons. The molecular weight excluding hydrogens is 292 g/mol. The Hall–Kier alpha value is 0.350. The number of rotatable bonds is 3. The van der Waals surface area contributed by atoms with Gasteiger partial charge in [0.15, 0.2) is 0 Å². The lowest BCUT2D eigenvalue weighted by molar-refractivity contribution is 0.339. The molecule has 0 aromatic heterocycles. The molecule has 2 aliphatic rings. The first-order valence-electron chi connectivity index (χ1n) is 5.90. The van der Waals surface area contributed by atoms with Crippen molar-refractivity contribution in [3.63, 3.8) is 0 Å². The van der Waals surface area contributed by atoms with Gasteiger partial charge in [-0.05, 0) is 25.2 Å². The lowest BCUT2D eigenvalue weighted by atomic mass is 10.1. The molecule has 4 nitrogen and oxygen atoms in total. The Kier molecular flexibility index (Phi) is 3.93. The van der Waals surface area contributed by atoms with Gasteiger partial charge in [-0.25, -0.2) is 0 Å². The fourth-order valence-electron chi connectivity index (χ4n) is 2.56. The first kappa shape index (κ1) is 12.8. The van der Waals surface area contributed by atoms with Crippen LogP contribution >= 0.6 is 15.9 Å². The molecule has 2 aliphatic heterocycles. The maximum atomic E-state index is 12.4. The Morgan fingerprint density at radius 2 is 1.88 bits per heavy atom. The van der Waals surface area contributed by atoms with Crippen molar-refractivity contribution in [3.8, 4) is 0 Å². The molecule has 16 heavy (non-hydrogen) atoms. The van der Waals surface area contributed by atoms with Crippen LogP contribution in [0, 0.1) is 5.92 Å². The Balaban J connectivity index is 2.16. The third kappa shape index (κ3) is 2.17. The Labute approximate surface area is 106 Å². The summed E-state index contributed by atoms with van der Waals surface area (Å²) in [6.07, 6.45) is 2.98. The van der Waals surface area contributed by atoms with Gasteiger partial charge < -0.3 is 0 Å². The van der Waals surface area contributed by atoms with Gasteiger partial charge >= 0.3 is 0 Å². The minimum Gasteiger partial charge on any atom is -0.195 e. The van der Waals surface area contributed by atoms with Crippen LogP contribution in [0.2, 0.25) is 0 Å². The first-order valence-corrected chi connectivity index (χ1v) is 8.42. The second-order valence-corrected chi connectivity index (χ2v) is 7.24. The molecule has 0 aromatic carbocycles. The number of halogens is 1. The molecule has 0 bridgehead atoms. The van der Waals surface area contributed by atoms with E-state index < -0.39 is 10.2 Å². The molecule has 0 amide bonds. The summed E-state index contributed by atoms with van der Waals surface area (Å²) in [4.78, 5) is 0. The fourth-order valence-corrected chi connectivity index (χ4v) is 5.71. The van der Waals surface area contributed by atoms with E-state index >= 15 is 0 Å². The van der Waals surface area contributed by atoms with Crippen LogP contribution in [0.1, 0.15) is 26.2 Å². The maximum absolute atomic E-state index is 12.4. The SMILES string of the molecule is CC1CCN(S(=O)(=O)N2CCCC2)C1CBr. The minimum absolute atomic E-state index is 0.130. The predicted molar refractivity (Wildman–Crippen MR) is 67.8 cm³/mol. The third-order valence-electron chi connectivity index (χ3n) is 3.68. The van der Waals surface area contributed by atoms with Crippen LogP contribution in [0.15, 0.2) is 0 Å². The van der Waals surface area contributed by atoms with Crippen molar-refractivity contribution in [1.29, 1.82) is 0 Å². The van der Waals surface area contributed by atoms with Crippen LogP contribution in [-0.2, 0) is 10.2 Å². The molecule has 6 heteroatoms. The molecule has 0 N–H and O–H groups in total. The zero-order valence-electron chi connectivity index (χ0n) is 9.60. The summed E-state index contributed by atoms with van der Waals surface area (Å²) in [6, 6.07) is 0.130. The van der Waals surface area contributed by atoms with Gasteiger partial charge in [-0.15, -0.1) is 0 Å². The highest BCUT2D eigenvalue weighted by atomic mass is 79.9. The van der Waals surface area contributed by atoms with Gasteiger partial charge in [0, 0.05) is 31.0 Å². The number of hydrogen-bond acceptors (Lipinski definition) is 2. The summed E-state index contributed by atoms with van der Waals surface area (Å²) in [7, 11) is -3.20. The number of hydrogen-bond donors (Lipinski definition) is 0. The topological polar surface area (TPSA) is 40.6 Å². The molecule has 2 saturated heterocycles. The van der Waals surface area contributed by atoms with Crippen molar-refractivity contribution < 1.29 is 8.42 Å². The van der Waals surface area contributed by atoms with E-state index in [-0.39, 0.29) is 6.04 Å². The van der Waals surface area contributed by atoms with E-state index in [1.165, 1.54) is 0 Å². The average Bonchev–Trinajstić information content (AvgIpc) is 2.85. The summed E-state index contributed by atoms with van der Waals surface area (Å²) in [6.45, 7) is 4.20. The lowest BCUT2D eigenvalue weighted by Crippen LogP contribution is -2.46. The second-order valence-electron chi connectivity index (χ2n) is 4.71. The molecule has 94 valence electrons. The van der Waals surface area contributed by atoms with Crippen molar-refractivity contribution in [2.75, 3.05) is 25.0 Å². The van der Waals surface area contributed by atoms with Crippen LogP contribution in [0.25, 0.3) is 0 Å². The third-order valence-corrected chi connectivity index (χ3v) is 6.40. The molecule has 0 aliphatic carbocycles. The minimum atomic E-state index is -3.20. The van der Waals surface area contributed by atoms with Crippen molar-refractivity contribution >= 4 is 26.1 Å². The largest absolute Gasteiger partial charge is 0.282 e. The molecule has 2 fully saturated rings. The van der Waals surface area contributed by atoms with Crippen molar-refractivity contribution in [3.05, 3.63) is 0 Å². The standard InChI is InChI=1S/C10H19BrN2O2S/c1-9-4-7-13(10(9)8-11)16(14,15)12-5-2-3-6-12/h9-10H,2-8H2,1H3. The quantitative estimate of drug-likeness (QED) is 0.740. The summed E-state index contributed by atoms with van der Waals surface area (Å²) < 4.78 is 28.1. The Morgan fingerprint density at radius 3 is 2.44 bits per heavy atom. The molecule has 2 atom stereocenters. The average molecular weight is 311 g/mol. The van der Waals surface area contributed by atoms with Gasteiger partial charge in [0.25, 0.3) is 10.2 Å². The van der Waals surface area contributed by atoms with Gasteiger partial charge in [-0.3, -0.25) is 0 Å². The van der Waals surface area contributed by atoms with E-state index in [2.05, 4.69) is 22.9 Å². The molecule has 2 heterocycles. The van der Waals surface area contributed by atoms with E-state index in [9.17, 15) is 8.42 Å². The molecule has 0 saturated carbocycles. The lowest BCUT2D eigenvalue weighted by Gasteiger charge is -2.28. The zero-order chi connectivity index (χ0) is 11.8. The monoisotopic (exact) mass is 310 g/mol. The van der Waals surface area contributed by atoms with E-state index in [1.54, 1.807) is 8.61 Å². The van der Waals surface area contributed by atoms with Crippen molar-refractivity contribution in [1.82, 2.24) is 8.61 Å². The van der Waals surface area contributed by atoms with Crippen LogP contribution in [0.5, 0.6) is 0 Å². The predicted octanol–water partition coefficient (Wildman–Crippen LogP) is 1.43. The summed E-state index contributed by atoms with van der Waals surface area (Å²) in [5.74, 6) is 0.455. The number of nitrogens with zero attached hydrogens (tertiary/aromatic N) is 2. The van der Waals surface area contributed by atoms with Gasteiger partial charge in [-0.2, -0.15) is 17.0 Å². The van der Waals surface area contributed by atoms with Gasteiger partial charge in [0.2, 0.25) is 0 Å². The van der Waals surface area contributed by atoms with Crippen molar-refractivity contribution in [2.45, 2.75) is 32.2 Å². The summed E-state index contributed by atoms with van der Waals surface area (Å²) in [5.41, 5.74) is 0. The number of alkyl halides is 1. The summed E-state index contributed by atoms with van der Waals surface area (Å²) in [5, 5.41) is 0.737. The maximum Gasteiger partial charge on any atom is 0.282 e. The highest BCUT2D eigenvalue weighted by Crippen LogP contribution is 2.30. The Bertz CT molecular complexity index is 341. The molecule has 2 rings (SSSR count). The Morgan fingerprint density at radius 1 is 1.25 bits per heavy atom. The molecule has 0 aromatic rings. The van der Waals surface area contributed by atoms with E-state index in [0.29, 0.717) is 25.6 Å². The highest BCUT2D eigenvalue weighted by Gasteiger charge is 2.41. The summed E-state index contributed by atoms with van der Waals surface area (Å²) >= 11 is 3.43. The molecule has 2 unspecified atom stereocenters. The molecular formula is C10H19BrN2O2S. The van der Waals surface area contributed by atoms with E-state index in [1.807, 2.05) is 0 Å². The van der Waals surface area contributed by atoms with E-state index in [0.717, 1.165) is 24.6 Å². The zero-order valence-corrected chi connectivity index (χ0v) is 12.0. The van der Waals surface area contributed by atoms with Crippen LogP contribution in [-0.4, -0.2) is 48.0 Å². The van der Waals surface area contributed by atoms with Gasteiger partial charge in [0.1, 0.15) is 0 Å². The first-order chi connectivity index (χ1) is 7.57. The van der Waals surface area contributed by atoms with Gasteiger partial charge in [-0.1, -0.05) is 22.9 Å². The normalized spacial score (nSPS) is 33.6. The van der Waals surface area contributed by atoms with Gasteiger partial charge in [0.05, 0.1) is 0 Å². The van der Waals surface area contributed by atoms with E-state index in [4.69, 9.17) is 0 Å². The van der Waals surface area contributed by atoms with Crippen molar-refractivity contribution in [2.24, 2.45) is 5.92 Å². The van der Waals surface area contributed by atoms with Crippen LogP contribution < -0.4 is 0 Å². The smallest absolute Gasteiger partial charge is 0.195 e. The molecule has 0 spiro atoms. The van der Waals surface area contributed by atoms with Crippen LogP contribution in [0.3, 0.4) is 0 Å². The fraction of sp³-hybridized carbons (Fsp3) is 1.00. The highest BCUT2D eigenvalue weighted by molar-refractivity contribution is 9.09.